The highest BCUT2D eigenvalue weighted by atomic mass is 79.9. The minimum atomic E-state index is -0.735. The first-order valence-corrected chi connectivity index (χ1v) is 7.30. The summed E-state index contributed by atoms with van der Waals surface area (Å²) in [7, 11) is 0. The maximum atomic E-state index is 13.5. The van der Waals surface area contributed by atoms with Crippen molar-refractivity contribution in [1.82, 2.24) is 0 Å². The maximum absolute atomic E-state index is 13.5. The van der Waals surface area contributed by atoms with E-state index in [0.717, 1.165) is 24.8 Å². The number of hydrogen-bond acceptors (Lipinski definition) is 1. The van der Waals surface area contributed by atoms with Crippen LogP contribution < -0.4 is 0 Å². The molecule has 0 bridgehead atoms. The largest absolute Gasteiger partial charge is 0.389 e. The summed E-state index contributed by atoms with van der Waals surface area (Å²) in [5.74, 6) is -0.260. The number of rotatable bonds is 2. The predicted octanol–water partition coefficient (Wildman–Crippen LogP) is 4.46. The first-order chi connectivity index (χ1) is 8.36. The molecule has 18 heavy (non-hydrogen) atoms. The lowest BCUT2D eigenvalue weighted by Crippen LogP contribution is -2.48. The van der Waals surface area contributed by atoms with Crippen LogP contribution in [0.2, 0.25) is 0 Å². The molecule has 0 radical (unpaired) electrons. The Balaban J connectivity index is 2.29. The Hall–Kier alpha value is -0.410. The zero-order valence-electron chi connectivity index (χ0n) is 11.0. The Kier molecular flexibility index (Phi) is 3.84. The quantitative estimate of drug-likeness (QED) is 0.854. The lowest BCUT2D eigenvalue weighted by molar-refractivity contribution is -0.0959. The SMILES string of the molecule is CC1(C)CCCCC1(O)Cc1cccc(F)c1Br. The summed E-state index contributed by atoms with van der Waals surface area (Å²) in [6.45, 7) is 4.22. The highest BCUT2D eigenvalue weighted by molar-refractivity contribution is 9.10. The average Bonchev–Trinajstić information content (AvgIpc) is 2.29. The molecule has 0 saturated heterocycles. The van der Waals surface area contributed by atoms with Crippen LogP contribution in [0.15, 0.2) is 22.7 Å². The Morgan fingerprint density at radius 2 is 1.94 bits per heavy atom. The summed E-state index contributed by atoms with van der Waals surface area (Å²) in [6, 6.07) is 5.02. The summed E-state index contributed by atoms with van der Waals surface area (Å²) in [5, 5.41) is 10.9. The van der Waals surface area contributed by atoms with E-state index in [1.807, 2.05) is 6.07 Å². The average molecular weight is 315 g/mol. The van der Waals surface area contributed by atoms with Crippen LogP contribution in [-0.4, -0.2) is 10.7 Å². The highest BCUT2D eigenvalue weighted by Crippen LogP contribution is 2.46. The van der Waals surface area contributed by atoms with Crippen LogP contribution in [0.4, 0.5) is 4.39 Å². The number of benzene rings is 1. The van der Waals surface area contributed by atoms with Gasteiger partial charge >= 0.3 is 0 Å². The van der Waals surface area contributed by atoms with Gasteiger partial charge in [-0.2, -0.15) is 0 Å². The zero-order chi connectivity index (χ0) is 13.4. The number of halogens is 2. The van der Waals surface area contributed by atoms with E-state index < -0.39 is 5.60 Å². The van der Waals surface area contributed by atoms with Crippen LogP contribution >= 0.6 is 15.9 Å². The normalized spacial score (nSPS) is 27.2. The molecule has 0 aromatic heterocycles. The van der Waals surface area contributed by atoms with E-state index in [4.69, 9.17) is 0 Å². The third-order valence-electron chi connectivity index (χ3n) is 4.42. The second-order valence-corrected chi connectivity index (χ2v) is 6.81. The molecule has 1 aliphatic rings. The van der Waals surface area contributed by atoms with E-state index in [-0.39, 0.29) is 11.2 Å². The van der Waals surface area contributed by atoms with Crippen molar-refractivity contribution in [3.8, 4) is 0 Å². The van der Waals surface area contributed by atoms with Gasteiger partial charge in [0.2, 0.25) is 0 Å². The summed E-state index contributed by atoms with van der Waals surface area (Å²) in [4.78, 5) is 0. The standard InChI is InChI=1S/C15H20BrFO/c1-14(2)8-3-4-9-15(14,18)10-11-6-5-7-12(17)13(11)16/h5-7,18H,3-4,8-10H2,1-2H3. The smallest absolute Gasteiger partial charge is 0.137 e. The number of aliphatic hydroxyl groups is 1. The minimum Gasteiger partial charge on any atom is -0.389 e. The van der Waals surface area contributed by atoms with Crippen LogP contribution in [0, 0.1) is 11.2 Å². The molecule has 1 saturated carbocycles. The van der Waals surface area contributed by atoms with Gasteiger partial charge in [0.25, 0.3) is 0 Å². The van der Waals surface area contributed by atoms with E-state index in [1.165, 1.54) is 12.5 Å². The van der Waals surface area contributed by atoms with E-state index in [0.29, 0.717) is 10.9 Å². The number of hydrogen-bond donors (Lipinski definition) is 1. The van der Waals surface area contributed by atoms with Gasteiger partial charge < -0.3 is 5.11 Å². The molecule has 1 unspecified atom stereocenters. The van der Waals surface area contributed by atoms with Crippen LogP contribution in [0.5, 0.6) is 0 Å². The van der Waals surface area contributed by atoms with Crippen molar-refractivity contribution in [3.63, 3.8) is 0 Å². The molecule has 0 spiro atoms. The van der Waals surface area contributed by atoms with Gasteiger partial charge in [-0.15, -0.1) is 0 Å². The second-order valence-electron chi connectivity index (χ2n) is 6.01. The zero-order valence-corrected chi connectivity index (χ0v) is 12.6. The van der Waals surface area contributed by atoms with Crippen molar-refractivity contribution < 1.29 is 9.50 Å². The molecule has 3 heteroatoms. The monoisotopic (exact) mass is 314 g/mol. The fourth-order valence-electron chi connectivity index (χ4n) is 2.88. The summed E-state index contributed by atoms with van der Waals surface area (Å²) >= 11 is 3.28. The maximum Gasteiger partial charge on any atom is 0.137 e. The van der Waals surface area contributed by atoms with Gasteiger partial charge in [-0.1, -0.05) is 38.8 Å². The molecule has 1 fully saturated rings. The van der Waals surface area contributed by atoms with Crippen molar-refractivity contribution in [2.24, 2.45) is 5.41 Å². The van der Waals surface area contributed by atoms with E-state index in [2.05, 4.69) is 29.8 Å². The van der Waals surface area contributed by atoms with E-state index >= 15 is 0 Å². The third kappa shape index (κ3) is 2.48. The molecule has 1 aromatic carbocycles. The van der Waals surface area contributed by atoms with Crippen molar-refractivity contribution in [3.05, 3.63) is 34.1 Å². The Morgan fingerprint density at radius 1 is 1.28 bits per heavy atom. The van der Waals surface area contributed by atoms with Gasteiger partial charge in [0.15, 0.2) is 0 Å². The molecule has 0 heterocycles. The Morgan fingerprint density at radius 3 is 2.61 bits per heavy atom. The van der Waals surface area contributed by atoms with Crippen LogP contribution in [0.25, 0.3) is 0 Å². The molecule has 1 aromatic rings. The van der Waals surface area contributed by atoms with Crippen molar-refractivity contribution >= 4 is 15.9 Å². The molecule has 0 amide bonds. The van der Waals surface area contributed by atoms with Crippen LogP contribution in [-0.2, 0) is 6.42 Å². The molecule has 1 aliphatic carbocycles. The fraction of sp³-hybridized carbons (Fsp3) is 0.600. The molecule has 2 rings (SSSR count). The summed E-state index contributed by atoms with van der Waals surface area (Å²) < 4.78 is 14.0. The molecule has 100 valence electrons. The topological polar surface area (TPSA) is 20.2 Å². The minimum absolute atomic E-state index is 0.114. The lowest BCUT2D eigenvalue weighted by Gasteiger charge is -2.47. The van der Waals surface area contributed by atoms with Gasteiger partial charge in [0, 0.05) is 6.42 Å². The highest BCUT2D eigenvalue weighted by Gasteiger charge is 2.45. The molecule has 1 atom stereocenters. The first-order valence-electron chi connectivity index (χ1n) is 6.51. The third-order valence-corrected chi connectivity index (χ3v) is 5.30. The lowest BCUT2D eigenvalue weighted by atomic mass is 9.63. The van der Waals surface area contributed by atoms with Gasteiger partial charge in [-0.05, 0) is 45.8 Å². The van der Waals surface area contributed by atoms with Gasteiger partial charge in [0.1, 0.15) is 5.82 Å². The van der Waals surface area contributed by atoms with Gasteiger partial charge in [-0.3, -0.25) is 0 Å². The van der Waals surface area contributed by atoms with Crippen molar-refractivity contribution in [2.45, 2.75) is 51.6 Å². The van der Waals surface area contributed by atoms with Crippen molar-refractivity contribution in [2.75, 3.05) is 0 Å². The summed E-state index contributed by atoms with van der Waals surface area (Å²) in [5.41, 5.74) is 0.00550. The van der Waals surface area contributed by atoms with Gasteiger partial charge in [-0.25, -0.2) is 4.39 Å². The van der Waals surface area contributed by atoms with Gasteiger partial charge in [0.05, 0.1) is 10.1 Å². The molecular weight excluding hydrogens is 295 g/mol. The molecule has 1 nitrogen and oxygen atoms in total. The van der Waals surface area contributed by atoms with E-state index in [9.17, 15) is 9.50 Å². The Bertz CT molecular complexity index is 444. The Labute approximate surface area is 117 Å². The molecule has 1 N–H and O–H groups in total. The van der Waals surface area contributed by atoms with Crippen LogP contribution in [0.3, 0.4) is 0 Å². The summed E-state index contributed by atoms with van der Waals surface area (Å²) in [6.07, 6.45) is 4.55. The van der Waals surface area contributed by atoms with E-state index in [1.54, 1.807) is 6.07 Å². The first kappa shape index (κ1) is 14.0. The molecular formula is C15H20BrFO. The van der Waals surface area contributed by atoms with Crippen molar-refractivity contribution in [1.29, 1.82) is 0 Å². The molecule has 0 aliphatic heterocycles. The van der Waals surface area contributed by atoms with Crippen LogP contribution in [0.1, 0.15) is 45.1 Å². The second kappa shape index (κ2) is 4.93. The predicted molar refractivity (Wildman–Crippen MR) is 75.0 cm³/mol. The fourth-order valence-corrected chi connectivity index (χ4v) is 3.29.